The van der Waals surface area contributed by atoms with Crippen LogP contribution in [0, 0.1) is 0 Å². The fourth-order valence-electron chi connectivity index (χ4n) is 4.92. The van der Waals surface area contributed by atoms with Gasteiger partial charge in [-0.3, -0.25) is 9.59 Å². The van der Waals surface area contributed by atoms with Gasteiger partial charge in [-0.25, -0.2) is 0 Å². The van der Waals surface area contributed by atoms with Gasteiger partial charge in [0.1, 0.15) is 11.5 Å². The van der Waals surface area contributed by atoms with Crippen molar-refractivity contribution in [3.8, 4) is 23.0 Å². The number of aromatic hydroxyl groups is 1. The van der Waals surface area contributed by atoms with Crippen molar-refractivity contribution in [1.82, 2.24) is 10.2 Å². The molecule has 2 N–H and O–H groups in total. The first-order chi connectivity index (χ1) is 18.5. The van der Waals surface area contributed by atoms with Crippen LogP contribution in [0.15, 0.2) is 66.7 Å². The molecule has 2 aliphatic rings. The van der Waals surface area contributed by atoms with Crippen LogP contribution in [0.1, 0.15) is 29.5 Å². The highest BCUT2D eigenvalue weighted by Gasteiger charge is 2.33. The predicted molar refractivity (Wildman–Crippen MR) is 141 cm³/mol. The molecule has 1 saturated heterocycles. The molecule has 1 fully saturated rings. The van der Waals surface area contributed by atoms with Crippen LogP contribution in [0.2, 0.25) is 0 Å². The molecule has 38 heavy (non-hydrogen) atoms. The zero-order valence-electron chi connectivity index (χ0n) is 21.4. The van der Waals surface area contributed by atoms with Crippen LogP contribution in [-0.4, -0.2) is 54.2 Å². The number of phenolic OH excluding ortho intramolecular Hbond substituents is 1. The molecule has 0 saturated carbocycles. The predicted octanol–water partition coefficient (Wildman–Crippen LogP) is 3.98. The molecular weight excluding hydrogens is 484 g/mol. The number of phenols is 1. The van der Waals surface area contributed by atoms with Crippen molar-refractivity contribution in [3.05, 3.63) is 83.4 Å². The van der Waals surface area contributed by atoms with Crippen LogP contribution in [0.4, 0.5) is 0 Å². The van der Waals surface area contributed by atoms with Crippen molar-refractivity contribution < 1.29 is 28.9 Å². The average Bonchev–Trinajstić information content (AvgIpc) is 2.92. The maximum atomic E-state index is 13.1. The molecule has 2 amide bonds. The molecule has 8 heteroatoms. The van der Waals surface area contributed by atoms with E-state index in [0.29, 0.717) is 56.2 Å². The third-order valence-electron chi connectivity index (χ3n) is 7.00. The zero-order valence-corrected chi connectivity index (χ0v) is 21.4. The van der Waals surface area contributed by atoms with Gasteiger partial charge >= 0.3 is 0 Å². The molecule has 3 aromatic rings. The molecule has 2 atom stereocenters. The third-order valence-corrected chi connectivity index (χ3v) is 7.00. The number of piperidine rings is 1. The van der Waals surface area contributed by atoms with Crippen LogP contribution in [0.25, 0.3) is 0 Å². The van der Waals surface area contributed by atoms with Gasteiger partial charge in [0.15, 0.2) is 11.5 Å². The molecule has 0 aromatic heterocycles. The molecule has 0 radical (unpaired) electrons. The summed E-state index contributed by atoms with van der Waals surface area (Å²) in [5.74, 6) is 1.94. The van der Waals surface area contributed by atoms with E-state index in [1.54, 1.807) is 36.3 Å². The first-order valence-corrected chi connectivity index (χ1v) is 12.9. The Morgan fingerprint density at radius 3 is 2.74 bits per heavy atom. The van der Waals surface area contributed by atoms with E-state index >= 15 is 0 Å². The van der Waals surface area contributed by atoms with E-state index in [4.69, 9.17) is 14.2 Å². The summed E-state index contributed by atoms with van der Waals surface area (Å²) in [4.78, 5) is 27.8. The van der Waals surface area contributed by atoms with Gasteiger partial charge in [0.05, 0.1) is 32.3 Å². The molecule has 8 nitrogen and oxygen atoms in total. The number of aryl methyl sites for hydroxylation is 1. The van der Waals surface area contributed by atoms with E-state index in [0.717, 1.165) is 16.7 Å². The standard InChI is InChI=1S/C30H32N2O6/c1-36-27-11-7-20-8-12-29(34)31-25-18-32(30(35)17-21-5-9-23(33)10-6-21)14-13-26(25)37-19-22-3-2-4-24(15-22)38-28(27)16-20/h2-7,9-11,15-16,25-26,33H,8,12-14,17-19H2,1H3,(H,31,34)/t25-,26+/m0/s1. The number of carbonyl (C=O) groups is 2. The minimum atomic E-state index is -0.323. The minimum absolute atomic E-state index is 0.0186. The van der Waals surface area contributed by atoms with Gasteiger partial charge in [-0.05, 0) is 65.9 Å². The number of likely N-dealkylation sites (tertiary alicyclic amines) is 1. The smallest absolute Gasteiger partial charge is 0.227 e. The quantitative estimate of drug-likeness (QED) is 0.547. The van der Waals surface area contributed by atoms with E-state index in [-0.39, 0.29) is 36.1 Å². The number of hydrogen-bond acceptors (Lipinski definition) is 6. The molecule has 2 heterocycles. The number of fused-ring (bicyclic) bond motifs is 5. The fraction of sp³-hybridized carbons (Fsp3) is 0.333. The number of methoxy groups -OCH3 is 1. The Morgan fingerprint density at radius 2 is 1.92 bits per heavy atom. The van der Waals surface area contributed by atoms with Gasteiger partial charge in [-0.2, -0.15) is 0 Å². The summed E-state index contributed by atoms with van der Waals surface area (Å²) in [6.07, 6.45) is 1.45. The normalized spacial score (nSPS) is 19.7. The first kappa shape index (κ1) is 25.6. The lowest BCUT2D eigenvalue weighted by atomic mass is 10.00. The topological polar surface area (TPSA) is 97.3 Å². The van der Waals surface area contributed by atoms with Crippen molar-refractivity contribution in [2.75, 3.05) is 20.2 Å². The molecule has 3 aromatic carbocycles. The Kier molecular flexibility index (Phi) is 7.79. The number of hydrogen-bond donors (Lipinski definition) is 2. The number of ether oxygens (including phenoxy) is 3. The summed E-state index contributed by atoms with van der Waals surface area (Å²) in [5.41, 5.74) is 2.74. The van der Waals surface area contributed by atoms with Crippen LogP contribution >= 0.6 is 0 Å². The molecule has 0 spiro atoms. The Bertz CT molecular complexity index is 1290. The van der Waals surface area contributed by atoms with E-state index in [2.05, 4.69) is 5.32 Å². The summed E-state index contributed by atoms with van der Waals surface area (Å²) in [6.45, 7) is 1.28. The molecule has 2 aliphatic heterocycles. The second kappa shape index (κ2) is 11.6. The largest absolute Gasteiger partial charge is 0.508 e. The molecule has 4 bridgehead atoms. The van der Waals surface area contributed by atoms with E-state index in [9.17, 15) is 14.7 Å². The van der Waals surface area contributed by atoms with E-state index in [1.807, 2.05) is 42.5 Å². The van der Waals surface area contributed by atoms with Gasteiger partial charge < -0.3 is 29.5 Å². The summed E-state index contributed by atoms with van der Waals surface area (Å²) in [5, 5.41) is 12.7. The molecule has 5 rings (SSSR count). The lowest BCUT2D eigenvalue weighted by Crippen LogP contribution is -2.57. The van der Waals surface area contributed by atoms with Gasteiger partial charge in [0.25, 0.3) is 0 Å². The maximum Gasteiger partial charge on any atom is 0.227 e. The first-order valence-electron chi connectivity index (χ1n) is 12.9. The minimum Gasteiger partial charge on any atom is -0.508 e. The number of nitrogens with zero attached hydrogens (tertiary/aromatic N) is 1. The summed E-state index contributed by atoms with van der Waals surface area (Å²) >= 11 is 0. The highest BCUT2D eigenvalue weighted by Crippen LogP contribution is 2.33. The SMILES string of the molecule is COc1ccc2cc1Oc1cccc(c1)CO[C@@H]1CCN(C(=O)Cc3ccc(O)cc3)C[C@@H]1NC(=O)CC2. The summed E-state index contributed by atoms with van der Waals surface area (Å²) < 4.78 is 17.9. The fourth-order valence-corrected chi connectivity index (χ4v) is 4.92. The Balaban J connectivity index is 1.34. The van der Waals surface area contributed by atoms with Crippen molar-refractivity contribution in [1.29, 1.82) is 0 Å². The van der Waals surface area contributed by atoms with Crippen LogP contribution in [0.3, 0.4) is 0 Å². The average molecular weight is 517 g/mol. The Labute approximate surface area is 222 Å². The highest BCUT2D eigenvalue weighted by atomic mass is 16.5. The monoisotopic (exact) mass is 516 g/mol. The van der Waals surface area contributed by atoms with Gasteiger partial charge in [-0.1, -0.05) is 30.3 Å². The molecular formula is C30H32N2O6. The highest BCUT2D eigenvalue weighted by molar-refractivity contribution is 5.79. The Hall–Kier alpha value is -4.04. The molecule has 198 valence electrons. The maximum absolute atomic E-state index is 13.1. The van der Waals surface area contributed by atoms with Crippen molar-refractivity contribution in [3.63, 3.8) is 0 Å². The van der Waals surface area contributed by atoms with Gasteiger partial charge in [-0.15, -0.1) is 0 Å². The van der Waals surface area contributed by atoms with E-state index in [1.165, 1.54) is 0 Å². The zero-order chi connectivity index (χ0) is 26.5. The lowest BCUT2D eigenvalue weighted by molar-refractivity contribution is -0.136. The lowest BCUT2D eigenvalue weighted by Gasteiger charge is -2.39. The summed E-state index contributed by atoms with van der Waals surface area (Å²) in [7, 11) is 1.60. The van der Waals surface area contributed by atoms with Crippen molar-refractivity contribution in [2.45, 2.75) is 44.4 Å². The summed E-state index contributed by atoms with van der Waals surface area (Å²) in [6, 6.07) is 19.7. The van der Waals surface area contributed by atoms with Crippen LogP contribution in [-0.2, 0) is 33.8 Å². The Morgan fingerprint density at radius 1 is 1.08 bits per heavy atom. The van der Waals surface area contributed by atoms with Crippen LogP contribution < -0.4 is 14.8 Å². The van der Waals surface area contributed by atoms with Gasteiger partial charge in [0, 0.05) is 19.5 Å². The number of amides is 2. The third kappa shape index (κ3) is 6.26. The number of benzene rings is 3. The second-order valence-corrected chi connectivity index (χ2v) is 9.73. The number of rotatable bonds is 3. The van der Waals surface area contributed by atoms with Crippen molar-refractivity contribution in [2.24, 2.45) is 0 Å². The number of carbonyl (C=O) groups excluding carboxylic acids is 2. The van der Waals surface area contributed by atoms with Gasteiger partial charge in [0.2, 0.25) is 11.8 Å². The number of nitrogens with one attached hydrogen (secondary N) is 1. The van der Waals surface area contributed by atoms with E-state index < -0.39 is 0 Å². The van der Waals surface area contributed by atoms with Crippen molar-refractivity contribution >= 4 is 11.8 Å². The van der Waals surface area contributed by atoms with Crippen LogP contribution in [0.5, 0.6) is 23.0 Å². The molecule has 0 unspecified atom stereocenters. The second-order valence-electron chi connectivity index (χ2n) is 9.73. The molecule has 0 aliphatic carbocycles.